The zero-order chi connectivity index (χ0) is 27.9. The van der Waals surface area contributed by atoms with Gasteiger partial charge in [-0.25, -0.2) is 4.79 Å². The lowest BCUT2D eigenvalue weighted by Gasteiger charge is -2.40. The van der Waals surface area contributed by atoms with E-state index in [1.807, 2.05) is 0 Å². The number of rotatable bonds is 5. The molecule has 1 saturated heterocycles. The van der Waals surface area contributed by atoms with Crippen LogP contribution in [0.15, 0.2) is 27.7 Å². The van der Waals surface area contributed by atoms with Crippen molar-refractivity contribution in [1.29, 1.82) is 0 Å². The highest BCUT2D eigenvalue weighted by Crippen LogP contribution is 2.34. The van der Waals surface area contributed by atoms with E-state index in [9.17, 15) is 32.7 Å². The van der Waals surface area contributed by atoms with Crippen molar-refractivity contribution >= 4 is 56.7 Å². The number of amides is 2. The van der Waals surface area contributed by atoms with Gasteiger partial charge in [-0.2, -0.15) is 22.7 Å². The number of alkyl halides is 3. The third-order valence-corrected chi connectivity index (χ3v) is 6.84. The highest BCUT2D eigenvalue weighted by molar-refractivity contribution is 9.10. The van der Waals surface area contributed by atoms with Gasteiger partial charge < -0.3 is 24.8 Å². The Bertz CT molecular complexity index is 1480. The normalized spacial score (nSPS) is 16.2. The zero-order valence-electron chi connectivity index (χ0n) is 20.1. The quantitative estimate of drug-likeness (QED) is 0.446. The molecule has 0 aliphatic carbocycles. The van der Waals surface area contributed by atoms with Crippen molar-refractivity contribution < 1.29 is 27.9 Å². The van der Waals surface area contributed by atoms with Gasteiger partial charge in [0, 0.05) is 25.7 Å². The molecule has 0 saturated carbocycles. The highest BCUT2D eigenvalue weighted by atomic mass is 79.9. The van der Waals surface area contributed by atoms with Gasteiger partial charge in [-0.15, -0.1) is 5.10 Å². The molecule has 1 aliphatic heterocycles. The minimum absolute atomic E-state index is 0.0129. The maximum Gasteiger partial charge on any atom is 0.416 e. The summed E-state index contributed by atoms with van der Waals surface area (Å²) < 4.78 is 41.6. The van der Waals surface area contributed by atoms with E-state index in [0.29, 0.717) is 12.1 Å². The maximum atomic E-state index is 13.5. The number of hydrogen-bond donors (Lipinski definition) is 2. The second-order valence-corrected chi connectivity index (χ2v) is 9.76. The van der Waals surface area contributed by atoms with Crippen LogP contribution >= 0.6 is 27.5 Å². The number of piperazine rings is 1. The van der Waals surface area contributed by atoms with Crippen LogP contribution in [0.5, 0.6) is 0 Å². The van der Waals surface area contributed by atoms with E-state index in [1.165, 1.54) is 9.47 Å². The number of carbonyl (C=O) groups is 2. The van der Waals surface area contributed by atoms with Crippen molar-refractivity contribution in [2.75, 3.05) is 29.9 Å². The first-order chi connectivity index (χ1) is 17.8. The molecule has 1 aromatic carbocycles. The molecule has 1 aliphatic rings. The Kier molecular flexibility index (Phi) is 7.61. The molecule has 204 valence electrons. The van der Waals surface area contributed by atoms with E-state index in [0.717, 1.165) is 22.7 Å². The second kappa shape index (κ2) is 10.4. The third kappa shape index (κ3) is 5.29. The van der Waals surface area contributed by atoms with Crippen LogP contribution in [0.1, 0.15) is 25.1 Å². The molecule has 1 fully saturated rings. The smallest absolute Gasteiger partial charge is 0.416 e. The van der Waals surface area contributed by atoms with Gasteiger partial charge in [0.05, 0.1) is 22.0 Å². The minimum atomic E-state index is -4.59. The fraction of sp³-hybridized carbons (Fsp3) is 0.409. The summed E-state index contributed by atoms with van der Waals surface area (Å²) in [5.41, 5.74) is -0.720. The van der Waals surface area contributed by atoms with Gasteiger partial charge >= 0.3 is 12.3 Å². The molecular weight excluding hydrogens is 599 g/mol. The fourth-order valence-electron chi connectivity index (χ4n) is 4.47. The zero-order valence-corrected chi connectivity index (χ0v) is 22.4. The molecule has 0 bridgehead atoms. The minimum Gasteiger partial charge on any atom is -0.465 e. The summed E-state index contributed by atoms with van der Waals surface area (Å²) >= 11 is 9.15. The molecule has 4 rings (SSSR count). The van der Waals surface area contributed by atoms with Crippen molar-refractivity contribution in [2.45, 2.75) is 39.0 Å². The maximum absolute atomic E-state index is 13.5. The summed E-state index contributed by atoms with van der Waals surface area (Å²) in [7, 11) is 0. The van der Waals surface area contributed by atoms with E-state index >= 15 is 0 Å². The predicted molar refractivity (Wildman–Crippen MR) is 136 cm³/mol. The lowest BCUT2D eigenvalue weighted by Crippen LogP contribution is -2.55. The predicted octanol–water partition coefficient (Wildman–Crippen LogP) is 3.72. The highest BCUT2D eigenvalue weighted by Gasteiger charge is 2.33. The van der Waals surface area contributed by atoms with Crippen molar-refractivity contribution in [3.63, 3.8) is 0 Å². The van der Waals surface area contributed by atoms with Crippen LogP contribution in [-0.2, 0) is 23.9 Å². The number of anilines is 2. The van der Waals surface area contributed by atoms with E-state index in [4.69, 9.17) is 11.6 Å². The summed E-state index contributed by atoms with van der Waals surface area (Å²) in [6, 6.07) is 2.24. The van der Waals surface area contributed by atoms with Gasteiger partial charge in [0.2, 0.25) is 16.4 Å². The van der Waals surface area contributed by atoms with Gasteiger partial charge in [-0.1, -0.05) is 18.5 Å². The number of nitrogens with zero attached hydrogens (tertiary/aromatic N) is 6. The van der Waals surface area contributed by atoms with Gasteiger partial charge in [0.1, 0.15) is 12.2 Å². The van der Waals surface area contributed by atoms with Crippen LogP contribution in [0, 0.1) is 0 Å². The van der Waals surface area contributed by atoms with Crippen LogP contribution in [0.3, 0.4) is 0 Å². The average molecular weight is 621 g/mol. The Morgan fingerprint density at radius 1 is 1.29 bits per heavy atom. The summed E-state index contributed by atoms with van der Waals surface area (Å²) in [6.07, 6.45) is -5.33. The molecule has 3 aromatic rings. The lowest BCUT2D eigenvalue weighted by atomic mass is 10.1. The second-order valence-electron chi connectivity index (χ2n) is 8.64. The number of halogens is 5. The largest absolute Gasteiger partial charge is 0.465 e. The Hall–Kier alpha value is -3.33. The van der Waals surface area contributed by atoms with Gasteiger partial charge in [0.15, 0.2) is 0 Å². The van der Waals surface area contributed by atoms with Crippen LogP contribution in [0.4, 0.5) is 29.3 Å². The SMILES string of the molecule is CCc1c(N2CCN(C(=O)O)C[C@@H]2C)c(=O)n2nc(Br)nc2n1CC(=O)Nc1ccc(C(F)(F)F)cc1Cl. The molecule has 0 unspecified atom stereocenters. The molecule has 16 heteroatoms. The summed E-state index contributed by atoms with van der Waals surface area (Å²) in [6.45, 7) is 3.81. The Labute approximate surface area is 226 Å². The molecule has 3 heterocycles. The average Bonchev–Trinajstić information content (AvgIpc) is 3.23. The van der Waals surface area contributed by atoms with Gasteiger partial charge in [-0.3, -0.25) is 9.59 Å². The van der Waals surface area contributed by atoms with Crippen molar-refractivity contribution in [1.82, 2.24) is 24.1 Å². The van der Waals surface area contributed by atoms with Crippen LogP contribution in [0.2, 0.25) is 5.02 Å². The lowest BCUT2D eigenvalue weighted by molar-refractivity contribution is -0.137. The Morgan fingerprint density at radius 2 is 2.00 bits per heavy atom. The van der Waals surface area contributed by atoms with Crippen LogP contribution in [0.25, 0.3) is 5.78 Å². The Morgan fingerprint density at radius 3 is 2.58 bits per heavy atom. The Balaban J connectivity index is 1.73. The number of carboxylic acid groups (broad SMARTS) is 1. The first kappa shape index (κ1) is 27.7. The molecule has 0 radical (unpaired) electrons. The number of aromatic nitrogens is 4. The fourth-order valence-corrected chi connectivity index (χ4v) is 5.01. The van der Waals surface area contributed by atoms with Crippen molar-refractivity contribution in [2.24, 2.45) is 0 Å². The number of nitrogens with one attached hydrogen (secondary N) is 1. The van der Waals surface area contributed by atoms with Crippen molar-refractivity contribution in [3.05, 3.63) is 49.6 Å². The molecule has 2 N–H and O–H groups in total. The van der Waals surface area contributed by atoms with Crippen LogP contribution < -0.4 is 15.8 Å². The summed E-state index contributed by atoms with van der Waals surface area (Å²) in [5, 5.41) is 15.7. The van der Waals surface area contributed by atoms with Crippen LogP contribution in [-0.4, -0.2) is 66.8 Å². The number of fused-ring (bicyclic) bond motifs is 1. The summed E-state index contributed by atoms with van der Waals surface area (Å²) in [4.78, 5) is 45.3. The van der Waals surface area contributed by atoms with Crippen molar-refractivity contribution in [3.8, 4) is 0 Å². The molecule has 11 nitrogen and oxygen atoms in total. The van der Waals surface area contributed by atoms with E-state index in [-0.39, 0.29) is 59.1 Å². The third-order valence-electron chi connectivity index (χ3n) is 6.19. The van der Waals surface area contributed by atoms with E-state index in [1.54, 1.807) is 18.7 Å². The summed E-state index contributed by atoms with van der Waals surface area (Å²) in [5.74, 6) is -0.548. The standard InChI is InChI=1S/C22H22BrClF3N7O4/c1-3-15-17(32-7-6-31(21(37)38)9-11(32)2)18(36)34-20(29-19(23)30-34)33(15)10-16(35)28-14-5-4-12(8-13(14)24)22(25,26)27/h4-5,8,11H,3,6-7,9-10H2,1-2H3,(H,28,35)(H,37,38)/t11-/m0/s1. The number of carbonyl (C=O) groups excluding carboxylic acids is 1. The molecule has 0 spiro atoms. The number of benzene rings is 1. The molecule has 1 atom stereocenters. The van der Waals surface area contributed by atoms with Gasteiger partial charge in [-0.05, 0) is 47.5 Å². The first-order valence-electron chi connectivity index (χ1n) is 11.4. The molecule has 2 amide bonds. The molecule has 38 heavy (non-hydrogen) atoms. The van der Waals surface area contributed by atoms with E-state index in [2.05, 4.69) is 31.3 Å². The number of hydrogen-bond acceptors (Lipinski definition) is 6. The monoisotopic (exact) mass is 619 g/mol. The molecule has 2 aromatic heterocycles. The molecular formula is C22H22BrClF3N7O4. The topological polar surface area (TPSA) is 125 Å². The van der Waals surface area contributed by atoms with Gasteiger partial charge in [0.25, 0.3) is 5.56 Å². The first-order valence-corrected chi connectivity index (χ1v) is 12.6. The van der Waals surface area contributed by atoms with E-state index < -0.39 is 29.3 Å².